The fraction of sp³-hybridized carbons (Fsp3) is 0.571. The van der Waals surface area contributed by atoms with E-state index in [1.165, 1.54) is 5.56 Å². The van der Waals surface area contributed by atoms with Gasteiger partial charge in [-0.1, -0.05) is 26.0 Å². The number of nitrogens with one attached hydrogen (secondary N) is 1. The van der Waals surface area contributed by atoms with Gasteiger partial charge in [0.15, 0.2) is 0 Å². The third-order valence-corrected chi connectivity index (χ3v) is 2.48. The smallest absolute Gasteiger partial charge is 0.118 e. The molecule has 1 N–H and O–H groups in total. The molecule has 1 aromatic carbocycles. The fourth-order valence-electron chi connectivity index (χ4n) is 2.09. The average Bonchev–Trinajstić information content (AvgIpc) is 2.16. The van der Waals surface area contributed by atoms with Gasteiger partial charge in [0.1, 0.15) is 5.75 Å². The Labute approximate surface area is 99.0 Å². The highest BCUT2D eigenvalue weighted by Crippen LogP contribution is 2.17. The molecule has 0 aliphatic carbocycles. The van der Waals surface area contributed by atoms with Crippen LogP contribution in [0.15, 0.2) is 24.3 Å². The number of hydrogen-bond donors (Lipinski definition) is 1. The van der Waals surface area contributed by atoms with Crippen molar-refractivity contribution < 1.29 is 4.74 Å². The Kier molecular flexibility index (Phi) is 4.36. The molecule has 16 heavy (non-hydrogen) atoms. The minimum Gasteiger partial charge on any atom is -0.497 e. The van der Waals surface area contributed by atoms with E-state index in [1.807, 2.05) is 12.1 Å². The van der Waals surface area contributed by atoms with E-state index in [-0.39, 0.29) is 5.54 Å². The van der Waals surface area contributed by atoms with Gasteiger partial charge in [0.2, 0.25) is 0 Å². The van der Waals surface area contributed by atoms with Crippen LogP contribution in [0, 0.1) is 0 Å². The summed E-state index contributed by atoms with van der Waals surface area (Å²) in [5.74, 6) is 0.915. The summed E-state index contributed by atoms with van der Waals surface area (Å²) in [6.07, 6.45) is 1.02. The van der Waals surface area contributed by atoms with Gasteiger partial charge in [-0.2, -0.15) is 0 Å². The number of hydrogen-bond acceptors (Lipinski definition) is 2. The summed E-state index contributed by atoms with van der Waals surface area (Å²) in [4.78, 5) is 0. The van der Waals surface area contributed by atoms with Crippen LogP contribution in [0.2, 0.25) is 0 Å². The molecule has 0 heterocycles. The SMILES string of the molecule is COc1ccc(CC(C)(C)NC(C)C)cc1. The molecule has 0 amide bonds. The quantitative estimate of drug-likeness (QED) is 0.825. The third-order valence-electron chi connectivity index (χ3n) is 2.48. The molecule has 0 atom stereocenters. The average molecular weight is 221 g/mol. The molecule has 1 aromatic rings. The van der Waals surface area contributed by atoms with Crippen LogP contribution in [0.5, 0.6) is 5.75 Å². The van der Waals surface area contributed by atoms with E-state index in [9.17, 15) is 0 Å². The first-order valence-electron chi connectivity index (χ1n) is 5.83. The van der Waals surface area contributed by atoms with E-state index in [4.69, 9.17) is 4.74 Å². The first kappa shape index (κ1) is 13.0. The molecule has 0 saturated carbocycles. The maximum Gasteiger partial charge on any atom is 0.118 e. The van der Waals surface area contributed by atoms with Crippen LogP contribution in [-0.2, 0) is 6.42 Å². The number of methoxy groups -OCH3 is 1. The van der Waals surface area contributed by atoms with Crippen molar-refractivity contribution in [1.82, 2.24) is 5.32 Å². The predicted octanol–water partition coefficient (Wildman–Crippen LogP) is 3.01. The molecule has 0 saturated heterocycles. The van der Waals surface area contributed by atoms with Crippen molar-refractivity contribution in [2.24, 2.45) is 0 Å². The van der Waals surface area contributed by atoms with Crippen molar-refractivity contribution in [1.29, 1.82) is 0 Å². The molecule has 0 unspecified atom stereocenters. The summed E-state index contributed by atoms with van der Waals surface area (Å²) < 4.78 is 5.15. The van der Waals surface area contributed by atoms with E-state index in [0.29, 0.717) is 6.04 Å². The minimum atomic E-state index is 0.128. The molecular weight excluding hydrogens is 198 g/mol. The van der Waals surface area contributed by atoms with E-state index in [2.05, 4.69) is 45.1 Å². The number of rotatable bonds is 5. The van der Waals surface area contributed by atoms with Crippen molar-refractivity contribution in [3.8, 4) is 5.75 Å². The second-order valence-electron chi connectivity index (χ2n) is 5.21. The van der Waals surface area contributed by atoms with Gasteiger partial charge in [-0.25, -0.2) is 0 Å². The molecular formula is C14H23NO. The highest BCUT2D eigenvalue weighted by Gasteiger charge is 2.18. The second-order valence-corrected chi connectivity index (χ2v) is 5.21. The molecule has 0 bridgehead atoms. The molecule has 0 aromatic heterocycles. The lowest BCUT2D eigenvalue weighted by molar-refractivity contribution is 0.352. The van der Waals surface area contributed by atoms with E-state index < -0.39 is 0 Å². The molecule has 0 radical (unpaired) electrons. The van der Waals surface area contributed by atoms with Crippen molar-refractivity contribution in [3.05, 3.63) is 29.8 Å². The van der Waals surface area contributed by atoms with Crippen molar-refractivity contribution in [2.75, 3.05) is 7.11 Å². The van der Waals surface area contributed by atoms with Crippen LogP contribution in [0.1, 0.15) is 33.3 Å². The van der Waals surface area contributed by atoms with Crippen molar-refractivity contribution in [2.45, 2.75) is 45.7 Å². The van der Waals surface area contributed by atoms with Gasteiger partial charge >= 0.3 is 0 Å². The molecule has 0 aliphatic rings. The monoisotopic (exact) mass is 221 g/mol. The topological polar surface area (TPSA) is 21.3 Å². The summed E-state index contributed by atoms with van der Waals surface area (Å²) >= 11 is 0. The molecule has 0 fully saturated rings. The van der Waals surface area contributed by atoms with Gasteiger partial charge < -0.3 is 10.1 Å². The molecule has 90 valence electrons. The van der Waals surface area contributed by atoms with Gasteiger partial charge in [0, 0.05) is 11.6 Å². The van der Waals surface area contributed by atoms with Crippen LogP contribution in [0.25, 0.3) is 0 Å². The molecule has 0 aliphatic heterocycles. The van der Waals surface area contributed by atoms with Crippen LogP contribution < -0.4 is 10.1 Å². The van der Waals surface area contributed by atoms with E-state index in [1.54, 1.807) is 7.11 Å². The Morgan fingerprint density at radius 1 is 1.19 bits per heavy atom. The van der Waals surface area contributed by atoms with Crippen LogP contribution >= 0.6 is 0 Å². The molecule has 2 heteroatoms. The number of ether oxygens (including phenoxy) is 1. The van der Waals surface area contributed by atoms with Crippen molar-refractivity contribution >= 4 is 0 Å². The van der Waals surface area contributed by atoms with Gasteiger partial charge in [-0.05, 0) is 38.0 Å². The fourth-order valence-corrected chi connectivity index (χ4v) is 2.09. The zero-order valence-electron chi connectivity index (χ0n) is 11.0. The first-order chi connectivity index (χ1) is 7.43. The summed E-state index contributed by atoms with van der Waals surface area (Å²) in [6, 6.07) is 8.79. The molecule has 0 spiro atoms. The highest BCUT2D eigenvalue weighted by atomic mass is 16.5. The molecule has 1 rings (SSSR count). The van der Waals surface area contributed by atoms with Gasteiger partial charge in [0.25, 0.3) is 0 Å². The lowest BCUT2D eigenvalue weighted by Gasteiger charge is -2.29. The number of benzene rings is 1. The summed E-state index contributed by atoms with van der Waals surface area (Å²) in [5.41, 5.74) is 1.46. The Bertz CT molecular complexity index is 314. The molecule has 2 nitrogen and oxygen atoms in total. The predicted molar refractivity (Wildman–Crippen MR) is 69.0 cm³/mol. The first-order valence-corrected chi connectivity index (χ1v) is 5.83. The van der Waals surface area contributed by atoms with E-state index >= 15 is 0 Å². The second kappa shape index (κ2) is 5.35. The minimum absolute atomic E-state index is 0.128. The Morgan fingerprint density at radius 3 is 2.19 bits per heavy atom. The normalized spacial score (nSPS) is 11.9. The van der Waals surface area contributed by atoms with Crippen LogP contribution in [0.4, 0.5) is 0 Å². The Morgan fingerprint density at radius 2 is 1.75 bits per heavy atom. The van der Waals surface area contributed by atoms with Crippen LogP contribution in [-0.4, -0.2) is 18.7 Å². The van der Waals surface area contributed by atoms with Gasteiger partial charge in [-0.3, -0.25) is 0 Å². The lowest BCUT2D eigenvalue weighted by atomic mass is 9.94. The van der Waals surface area contributed by atoms with Crippen LogP contribution in [0.3, 0.4) is 0 Å². The Hall–Kier alpha value is -1.02. The lowest BCUT2D eigenvalue weighted by Crippen LogP contribution is -2.45. The maximum absolute atomic E-state index is 5.15. The third kappa shape index (κ3) is 4.23. The zero-order chi connectivity index (χ0) is 12.2. The Balaban J connectivity index is 2.64. The van der Waals surface area contributed by atoms with Crippen molar-refractivity contribution in [3.63, 3.8) is 0 Å². The van der Waals surface area contributed by atoms with Gasteiger partial charge in [-0.15, -0.1) is 0 Å². The van der Waals surface area contributed by atoms with E-state index in [0.717, 1.165) is 12.2 Å². The zero-order valence-corrected chi connectivity index (χ0v) is 11.0. The summed E-state index contributed by atoms with van der Waals surface area (Å²) in [5, 5.41) is 3.56. The summed E-state index contributed by atoms with van der Waals surface area (Å²) in [6.45, 7) is 8.82. The van der Waals surface area contributed by atoms with Gasteiger partial charge in [0.05, 0.1) is 7.11 Å². The maximum atomic E-state index is 5.15. The summed E-state index contributed by atoms with van der Waals surface area (Å²) in [7, 11) is 1.69. The highest BCUT2D eigenvalue weighted by molar-refractivity contribution is 5.28. The largest absolute Gasteiger partial charge is 0.497 e. The standard InChI is InChI=1S/C14H23NO/c1-11(2)15-14(3,4)10-12-6-8-13(16-5)9-7-12/h6-9,11,15H,10H2,1-5H3.